The Kier molecular flexibility index (Phi) is 4.01. The van der Waals surface area contributed by atoms with Gasteiger partial charge in [-0.2, -0.15) is 5.10 Å². The molecular formula is C22H20N6O. The Morgan fingerprint density at radius 2 is 1.79 bits per heavy atom. The van der Waals surface area contributed by atoms with Crippen molar-refractivity contribution in [1.29, 1.82) is 0 Å². The summed E-state index contributed by atoms with van der Waals surface area (Å²) in [5.41, 5.74) is 10.4. The van der Waals surface area contributed by atoms with Gasteiger partial charge in [-0.15, -0.1) is 0 Å². The van der Waals surface area contributed by atoms with Gasteiger partial charge >= 0.3 is 0 Å². The lowest BCUT2D eigenvalue weighted by Gasteiger charge is -2.17. The number of aryl methyl sites for hydroxylation is 1. The molecule has 1 aliphatic rings. The number of rotatable bonds is 3. The lowest BCUT2D eigenvalue weighted by Crippen LogP contribution is -2.26. The van der Waals surface area contributed by atoms with Crippen LogP contribution in [0.1, 0.15) is 17.9 Å². The Balaban J connectivity index is 1.45. The summed E-state index contributed by atoms with van der Waals surface area (Å²) >= 11 is 0. The van der Waals surface area contributed by atoms with Gasteiger partial charge in [0.25, 0.3) is 0 Å². The highest BCUT2D eigenvalue weighted by atomic mass is 16.2. The molecule has 0 bridgehead atoms. The molecule has 0 radical (unpaired) electrons. The summed E-state index contributed by atoms with van der Waals surface area (Å²) in [4.78, 5) is 23.2. The number of fused-ring (bicyclic) bond motifs is 1. The molecule has 1 fully saturated rings. The fourth-order valence-electron chi connectivity index (χ4n) is 4.04. The number of benzene rings is 2. The van der Waals surface area contributed by atoms with Crippen LogP contribution in [0, 0.1) is 0 Å². The molecular weight excluding hydrogens is 364 g/mol. The van der Waals surface area contributed by atoms with E-state index in [1.165, 1.54) is 6.33 Å². The molecule has 1 amide bonds. The second-order valence-corrected chi connectivity index (χ2v) is 7.22. The predicted octanol–water partition coefficient (Wildman–Crippen LogP) is 3.13. The number of aromatic nitrogens is 4. The molecule has 144 valence electrons. The van der Waals surface area contributed by atoms with Gasteiger partial charge in [-0.05, 0) is 24.1 Å². The van der Waals surface area contributed by atoms with Crippen LogP contribution in [0.15, 0.2) is 60.9 Å². The maximum atomic E-state index is 13.0. The Morgan fingerprint density at radius 3 is 2.55 bits per heavy atom. The first-order valence-electron chi connectivity index (χ1n) is 9.53. The SMILES string of the molecule is Cn1nc(-c2ccc(N3CCC(c4ccccc4)C3=O)cc2)c2c(N)ncnc21. The fraction of sp³-hybridized carbons (Fsp3) is 0.182. The first-order valence-corrected chi connectivity index (χ1v) is 9.53. The highest BCUT2D eigenvalue weighted by Gasteiger charge is 2.33. The maximum absolute atomic E-state index is 13.0. The standard InChI is InChI=1S/C22H20N6O/c1-27-21-18(20(23)24-13-25-21)19(26-27)15-7-9-16(10-8-15)28-12-11-17(22(28)29)14-5-3-2-4-6-14/h2-10,13,17H,11-12H2,1H3,(H2,23,24,25). The maximum Gasteiger partial charge on any atom is 0.234 e. The van der Waals surface area contributed by atoms with Gasteiger partial charge in [0.1, 0.15) is 17.8 Å². The Hall–Kier alpha value is -3.74. The van der Waals surface area contributed by atoms with Crippen LogP contribution >= 0.6 is 0 Å². The van der Waals surface area contributed by atoms with E-state index in [-0.39, 0.29) is 11.8 Å². The summed E-state index contributed by atoms with van der Waals surface area (Å²) < 4.78 is 1.70. The van der Waals surface area contributed by atoms with Crippen molar-refractivity contribution in [3.05, 3.63) is 66.5 Å². The van der Waals surface area contributed by atoms with Crippen molar-refractivity contribution in [2.75, 3.05) is 17.2 Å². The number of hydrogen-bond acceptors (Lipinski definition) is 5. The fourth-order valence-corrected chi connectivity index (χ4v) is 4.04. The van der Waals surface area contributed by atoms with Gasteiger partial charge < -0.3 is 10.6 Å². The normalized spacial score (nSPS) is 16.7. The second kappa shape index (κ2) is 6.70. The van der Waals surface area contributed by atoms with E-state index >= 15 is 0 Å². The van der Waals surface area contributed by atoms with Crippen LogP contribution in [0.3, 0.4) is 0 Å². The van der Waals surface area contributed by atoms with Gasteiger partial charge in [0.15, 0.2) is 5.65 Å². The molecule has 1 atom stereocenters. The van der Waals surface area contributed by atoms with Gasteiger partial charge in [0, 0.05) is 24.8 Å². The minimum atomic E-state index is -0.0763. The first kappa shape index (κ1) is 17.4. The average molecular weight is 384 g/mol. The number of hydrogen-bond donors (Lipinski definition) is 1. The quantitative estimate of drug-likeness (QED) is 0.586. The molecule has 0 saturated carbocycles. The number of anilines is 2. The molecule has 29 heavy (non-hydrogen) atoms. The molecule has 1 saturated heterocycles. The minimum absolute atomic E-state index is 0.0763. The van der Waals surface area contributed by atoms with Gasteiger partial charge in [0.05, 0.1) is 11.3 Å². The molecule has 3 heterocycles. The zero-order valence-electron chi connectivity index (χ0n) is 16.0. The van der Waals surface area contributed by atoms with E-state index in [1.807, 2.05) is 66.5 Å². The van der Waals surface area contributed by atoms with Crippen molar-refractivity contribution in [3.8, 4) is 11.3 Å². The summed E-state index contributed by atoms with van der Waals surface area (Å²) in [6.07, 6.45) is 2.26. The third-order valence-electron chi connectivity index (χ3n) is 5.51. The van der Waals surface area contributed by atoms with E-state index in [9.17, 15) is 4.79 Å². The number of nitrogen functional groups attached to an aromatic ring is 1. The lowest BCUT2D eigenvalue weighted by atomic mass is 9.98. The molecule has 2 aromatic carbocycles. The molecule has 2 N–H and O–H groups in total. The van der Waals surface area contributed by atoms with E-state index in [0.717, 1.165) is 34.3 Å². The minimum Gasteiger partial charge on any atom is -0.383 e. The number of nitrogens with zero attached hydrogens (tertiary/aromatic N) is 5. The molecule has 1 aliphatic heterocycles. The predicted molar refractivity (Wildman–Crippen MR) is 112 cm³/mol. The molecule has 4 aromatic rings. The molecule has 0 spiro atoms. The van der Waals surface area contributed by atoms with Crippen molar-refractivity contribution in [1.82, 2.24) is 19.7 Å². The Morgan fingerprint density at radius 1 is 1.03 bits per heavy atom. The van der Waals surface area contributed by atoms with Crippen molar-refractivity contribution in [3.63, 3.8) is 0 Å². The Labute approximate surface area is 167 Å². The average Bonchev–Trinajstić information content (AvgIpc) is 3.30. The molecule has 1 unspecified atom stereocenters. The van der Waals surface area contributed by atoms with Gasteiger partial charge in [0.2, 0.25) is 5.91 Å². The van der Waals surface area contributed by atoms with Crippen molar-refractivity contribution >= 4 is 28.4 Å². The van der Waals surface area contributed by atoms with Crippen LogP contribution in [-0.4, -0.2) is 32.2 Å². The summed E-state index contributed by atoms with van der Waals surface area (Å²) in [6.45, 7) is 0.713. The molecule has 0 aliphatic carbocycles. The third-order valence-corrected chi connectivity index (χ3v) is 5.51. The van der Waals surface area contributed by atoms with Crippen molar-refractivity contribution in [2.45, 2.75) is 12.3 Å². The van der Waals surface area contributed by atoms with Crippen LogP contribution < -0.4 is 10.6 Å². The number of nitrogens with two attached hydrogens (primary N) is 1. The molecule has 5 rings (SSSR count). The number of carbonyl (C=O) groups excluding carboxylic acids is 1. The topological polar surface area (TPSA) is 89.9 Å². The molecule has 7 heteroatoms. The highest BCUT2D eigenvalue weighted by molar-refractivity contribution is 6.01. The summed E-state index contributed by atoms with van der Waals surface area (Å²) in [5, 5.41) is 5.31. The first-order chi connectivity index (χ1) is 14.1. The number of carbonyl (C=O) groups is 1. The van der Waals surface area contributed by atoms with Gasteiger partial charge in [-0.1, -0.05) is 42.5 Å². The summed E-state index contributed by atoms with van der Waals surface area (Å²) in [6, 6.07) is 17.8. The smallest absolute Gasteiger partial charge is 0.234 e. The lowest BCUT2D eigenvalue weighted by molar-refractivity contribution is -0.118. The van der Waals surface area contributed by atoms with E-state index < -0.39 is 0 Å². The van der Waals surface area contributed by atoms with Crippen LogP contribution in [-0.2, 0) is 11.8 Å². The van der Waals surface area contributed by atoms with Crippen molar-refractivity contribution < 1.29 is 4.79 Å². The van der Waals surface area contributed by atoms with Crippen molar-refractivity contribution in [2.24, 2.45) is 7.05 Å². The van der Waals surface area contributed by atoms with Crippen LogP contribution in [0.4, 0.5) is 11.5 Å². The van der Waals surface area contributed by atoms with Crippen LogP contribution in [0.25, 0.3) is 22.3 Å². The van der Waals surface area contributed by atoms with E-state index in [1.54, 1.807) is 4.68 Å². The zero-order valence-corrected chi connectivity index (χ0v) is 16.0. The zero-order chi connectivity index (χ0) is 20.0. The number of amides is 1. The third kappa shape index (κ3) is 2.82. The van der Waals surface area contributed by atoms with Gasteiger partial charge in [-0.25, -0.2) is 14.6 Å². The second-order valence-electron chi connectivity index (χ2n) is 7.22. The van der Waals surface area contributed by atoms with Crippen LogP contribution in [0.2, 0.25) is 0 Å². The molecule has 7 nitrogen and oxygen atoms in total. The van der Waals surface area contributed by atoms with E-state index in [4.69, 9.17) is 5.73 Å². The summed E-state index contributed by atoms with van der Waals surface area (Å²) in [7, 11) is 1.83. The largest absolute Gasteiger partial charge is 0.383 e. The van der Waals surface area contributed by atoms with E-state index in [0.29, 0.717) is 18.0 Å². The van der Waals surface area contributed by atoms with Crippen LogP contribution in [0.5, 0.6) is 0 Å². The summed E-state index contributed by atoms with van der Waals surface area (Å²) in [5.74, 6) is 0.472. The monoisotopic (exact) mass is 384 g/mol. The Bertz CT molecular complexity index is 1200. The van der Waals surface area contributed by atoms with Gasteiger partial charge in [-0.3, -0.25) is 4.79 Å². The highest BCUT2D eigenvalue weighted by Crippen LogP contribution is 2.34. The van der Waals surface area contributed by atoms with E-state index in [2.05, 4.69) is 15.1 Å². The molecule has 2 aromatic heterocycles.